The summed E-state index contributed by atoms with van der Waals surface area (Å²) in [6.07, 6.45) is 0.814. The van der Waals surface area contributed by atoms with Crippen molar-refractivity contribution in [3.63, 3.8) is 0 Å². The zero-order chi connectivity index (χ0) is 16.4. The second-order valence-electron chi connectivity index (χ2n) is 5.08. The van der Waals surface area contributed by atoms with Gasteiger partial charge >= 0.3 is 0 Å². The number of carbonyl (C=O) groups excluding carboxylic acids is 1. The van der Waals surface area contributed by atoms with Crippen LogP contribution in [0.3, 0.4) is 0 Å². The van der Waals surface area contributed by atoms with Gasteiger partial charge in [0.15, 0.2) is 11.5 Å². The van der Waals surface area contributed by atoms with Crippen molar-refractivity contribution < 1.29 is 13.6 Å². The highest BCUT2D eigenvalue weighted by Crippen LogP contribution is 2.21. The number of hydrogen-bond acceptors (Lipinski definition) is 3. The highest BCUT2D eigenvalue weighted by Gasteiger charge is 2.21. The molecule has 0 spiro atoms. The van der Waals surface area contributed by atoms with Gasteiger partial charge in [-0.25, -0.2) is 13.8 Å². The van der Waals surface area contributed by atoms with Gasteiger partial charge in [-0.2, -0.15) is 5.10 Å². The van der Waals surface area contributed by atoms with Crippen LogP contribution < -0.4 is 5.32 Å². The predicted molar refractivity (Wildman–Crippen MR) is 77.4 cm³/mol. The second kappa shape index (κ2) is 6.21. The Morgan fingerprint density at radius 3 is 2.64 bits per heavy atom. The number of carbonyl (C=O) groups is 1. The van der Waals surface area contributed by atoms with Crippen molar-refractivity contribution in [2.75, 3.05) is 0 Å². The molecule has 5 nitrogen and oxygen atoms in total. The molecular formula is C15H18F2N4O. The quantitative estimate of drug-likeness (QED) is 0.944. The van der Waals surface area contributed by atoms with E-state index in [0.717, 1.165) is 29.7 Å². The summed E-state index contributed by atoms with van der Waals surface area (Å²) in [6.45, 7) is 8.26. The summed E-state index contributed by atoms with van der Waals surface area (Å²) >= 11 is 0. The molecule has 2 aromatic rings. The summed E-state index contributed by atoms with van der Waals surface area (Å²) in [7, 11) is 0. The lowest BCUT2D eigenvalue weighted by Gasteiger charge is -2.15. The number of halogens is 2. The van der Waals surface area contributed by atoms with Crippen LogP contribution in [-0.2, 0) is 6.54 Å². The van der Waals surface area contributed by atoms with E-state index >= 15 is 0 Å². The van der Waals surface area contributed by atoms with Gasteiger partial charge in [-0.1, -0.05) is 0 Å². The number of hydrogen-bond donors (Lipinski definition) is 1. The molecule has 2 rings (SSSR count). The zero-order valence-corrected chi connectivity index (χ0v) is 12.9. The average Bonchev–Trinajstić information content (AvgIpc) is 2.72. The highest BCUT2D eigenvalue weighted by molar-refractivity contribution is 5.92. The maximum absolute atomic E-state index is 13.6. The number of nitrogens with zero attached hydrogens (tertiary/aromatic N) is 3. The molecule has 7 heteroatoms. The van der Waals surface area contributed by atoms with E-state index in [0.29, 0.717) is 6.07 Å². The SMILES string of the molecule is CCn1nc(C)c(C(C)NC(=O)c2ncc(F)cc2F)c1C. The number of aromatic nitrogens is 3. The Hall–Kier alpha value is -2.31. The normalized spacial score (nSPS) is 12.3. The predicted octanol–water partition coefficient (Wildman–Crippen LogP) is 2.68. The summed E-state index contributed by atoms with van der Waals surface area (Å²) in [5.41, 5.74) is 2.21. The van der Waals surface area contributed by atoms with Gasteiger partial charge in [0.05, 0.1) is 17.9 Å². The van der Waals surface area contributed by atoms with Crippen molar-refractivity contribution in [3.05, 3.63) is 46.5 Å². The van der Waals surface area contributed by atoms with Crippen molar-refractivity contribution in [2.24, 2.45) is 0 Å². The fourth-order valence-electron chi connectivity index (χ4n) is 2.56. The van der Waals surface area contributed by atoms with E-state index in [1.165, 1.54) is 0 Å². The lowest BCUT2D eigenvalue weighted by molar-refractivity contribution is 0.0930. The Morgan fingerprint density at radius 2 is 2.09 bits per heavy atom. The highest BCUT2D eigenvalue weighted by atomic mass is 19.1. The van der Waals surface area contributed by atoms with E-state index in [1.807, 2.05) is 25.5 Å². The van der Waals surface area contributed by atoms with Gasteiger partial charge in [-0.05, 0) is 27.7 Å². The van der Waals surface area contributed by atoms with Crippen LogP contribution in [0.4, 0.5) is 8.78 Å². The van der Waals surface area contributed by atoms with Crippen LogP contribution in [0.5, 0.6) is 0 Å². The number of amides is 1. The van der Waals surface area contributed by atoms with E-state index in [9.17, 15) is 13.6 Å². The minimum Gasteiger partial charge on any atom is -0.344 e. The van der Waals surface area contributed by atoms with E-state index in [2.05, 4.69) is 15.4 Å². The molecule has 0 aliphatic rings. The van der Waals surface area contributed by atoms with E-state index in [-0.39, 0.29) is 6.04 Å². The van der Waals surface area contributed by atoms with E-state index in [4.69, 9.17) is 0 Å². The maximum atomic E-state index is 13.6. The average molecular weight is 308 g/mol. The fourth-order valence-corrected chi connectivity index (χ4v) is 2.56. The van der Waals surface area contributed by atoms with Crippen molar-refractivity contribution in [2.45, 2.75) is 40.3 Å². The van der Waals surface area contributed by atoms with Gasteiger partial charge in [0.1, 0.15) is 5.82 Å². The van der Waals surface area contributed by atoms with Crippen LogP contribution in [0, 0.1) is 25.5 Å². The zero-order valence-electron chi connectivity index (χ0n) is 12.9. The Morgan fingerprint density at radius 1 is 1.41 bits per heavy atom. The molecule has 0 saturated carbocycles. The fraction of sp³-hybridized carbons (Fsp3) is 0.400. The molecular weight excluding hydrogens is 290 g/mol. The van der Waals surface area contributed by atoms with Gasteiger partial charge in [-0.3, -0.25) is 9.48 Å². The van der Waals surface area contributed by atoms with Crippen molar-refractivity contribution in [1.29, 1.82) is 0 Å². The van der Waals surface area contributed by atoms with Crippen molar-refractivity contribution >= 4 is 5.91 Å². The lowest BCUT2D eigenvalue weighted by Crippen LogP contribution is -2.29. The van der Waals surface area contributed by atoms with Gasteiger partial charge < -0.3 is 5.32 Å². The molecule has 1 N–H and O–H groups in total. The van der Waals surface area contributed by atoms with Crippen LogP contribution in [0.1, 0.15) is 47.3 Å². The summed E-state index contributed by atoms with van der Waals surface area (Å²) in [5, 5.41) is 7.06. The van der Waals surface area contributed by atoms with Gasteiger partial charge in [0.2, 0.25) is 0 Å². The van der Waals surface area contributed by atoms with Crippen molar-refractivity contribution in [1.82, 2.24) is 20.1 Å². The molecule has 0 aromatic carbocycles. The molecule has 22 heavy (non-hydrogen) atoms. The third-order valence-electron chi connectivity index (χ3n) is 3.54. The van der Waals surface area contributed by atoms with Crippen LogP contribution in [0.15, 0.2) is 12.3 Å². The molecule has 1 amide bonds. The first-order valence-electron chi connectivity index (χ1n) is 7.01. The van der Waals surface area contributed by atoms with E-state index in [1.54, 1.807) is 6.92 Å². The first-order valence-corrected chi connectivity index (χ1v) is 7.01. The minimum absolute atomic E-state index is 0.362. The second-order valence-corrected chi connectivity index (χ2v) is 5.08. The first kappa shape index (κ1) is 16.1. The molecule has 0 radical (unpaired) electrons. The maximum Gasteiger partial charge on any atom is 0.273 e. The largest absolute Gasteiger partial charge is 0.344 e. The van der Waals surface area contributed by atoms with Gasteiger partial charge in [-0.15, -0.1) is 0 Å². The van der Waals surface area contributed by atoms with Crippen LogP contribution >= 0.6 is 0 Å². The number of rotatable bonds is 4. The monoisotopic (exact) mass is 308 g/mol. The van der Waals surface area contributed by atoms with Crippen molar-refractivity contribution in [3.8, 4) is 0 Å². The minimum atomic E-state index is -0.984. The van der Waals surface area contributed by atoms with Gasteiger partial charge in [0, 0.05) is 23.9 Å². The molecule has 118 valence electrons. The Balaban J connectivity index is 2.23. The third-order valence-corrected chi connectivity index (χ3v) is 3.54. The van der Waals surface area contributed by atoms with Crippen LogP contribution in [0.2, 0.25) is 0 Å². The molecule has 2 aromatic heterocycles. The first-order chi connectivity index (χ1) is 10.3. The molecule has 0 bridgehead atoms. The van der Waals surface area contributed by atoms with Gasteiger partial charge in [0.25, 0.3) is 5.91 Å². The molecule has 2 heterocycles. The Bertz CT molecular complexity index is 712. The number of nitrogens with one attached hydrogen (secondary N) is 1. The smallest absolute Gasteiger partial charge is 0.273 e. The lowest BCUT2D eigenvalue weighted by atomic mass is 10.1. The molecule has 0 aliphatic heterocycles. The number of aryl methyl sites for hydroxylation is 2. The summed E-state index contributed by atoms with van der Waals surface area (Å²) in [4.78, 5) is 15.6. The Labute approximate surface area is 127 Å². The van der Waals surface area contributed by atoms with Crippen LogP contribution in [-0.4, -0.2) is 20.7 Å². The topological polar surface area (TPSA) is 59.8 Å². The third kappa shape index (κ3) is 2.98. The van der Waals surface area contributed by atoms with E-state index < -0.39 is 23.2 Å². The molecule has 0 aliphatic carbocycles. The standard InChI is InChI=1S/C15H18F2N4O/c1-5-21-10(4)13(9(3)20-21)8(2)19-15(22)14-12(17)6-11(16)7-18-14/h6-8H,5H2,1-4H3,(H,19,22). The Kier molecular flexibility index (Phi) is 4.54. The number of pyridine rings is 1. The molecule has 0 fully saturated rings. The summed E-state index contributed by atoms with van der Waals surface area (Å²) in [6, 6.07) is 0.275. The van der Waals surface area contributed by atoms with Crippen LogP contribution in [0.25, 0.3) is 0 Å². The molecule has 0 saturated heterocycles. The molecule has 1 unspecified atom stereocenters. The molecule has 1 atom stereocenters. The summed E-state index contributed by atoms with van der Waals surface area (Å²) in [5.74, 6) is -2.49. The summed E-state index contributed by atoms with van der Waals surface area (Å²) < 4.78 is 28.3.